The molecule has 0 saturated carbocycles. The van der Waals surface area contributed by atoms with Crippen LogP contribution >= 0.6 is 24.0 Å². The largest absolute Gasteiger partial charge is 0.369 e. The van der Waals surface area contributed by atoms with Crippen LogP contribution < -0.4 is 20.9 Å². The van der Waals surface area contributed by atoms with Crippen LogP contribution in [0.1, 0.15) is 39.2 Å². The number of benzene rings is 1. The first-order chi connectivity index (χ1) is 14.3. The van der Waals surface area contributed by atoms with Gasteiger partial charge in [0.1, 0.15) is 0 Å². The number of halogens is 1. The molecule has 1 amide bonds. The monoisotopic (exact) mass is 544 g/mol. The van der Waals surface area contributed by atoms with Gasteiger partial charge in [-0.2, -0.15) is 0 Å². The lowest BCUT2D eigenvalue weighted by atomic mass is 10.1. The first-order valence-corrected chi connectivity index (χ1v) is 11.1. The zero-order valence-electron chi connectivity index (χ0n) is 19.8. The SMILES string of the molecule is CN=C(NCCCCN1CCN(c2cccc(C)c2)CC1)NCC(=O)NC(C)(C)C.I. The Balaban J connectivity index is 0.00000480. The van der Waals surface area contributed by atoms with Crippen molar-refractivity contribution in [1.29, 1.82) is 0 Å². The van der Waals surface area contributed by atoms with Gasteiger partial charge in [-0.3, -0.25) is 14.7 Å². The van der Waals surface area contributed by atoms with E-state index in [1.54, 1.807) is 7.05 Å². The third kappa shape index (κ3) is 11.0. The van der Waals surface area contributed by atoms with E-state index in [1.165, 1.54) is 11.3 Å². The van der Waals surface area contributed by atoms with Crippen molar-refractivity contribution < 1.29 is 4.79 Å². The summed E-state index contributed by atoms with van der Waals surface area (Å²) in [7, 11) is 1.73. The van der Waals surface area contributed by atoms with Crippen LogP contribution in [-0.2, 0) is 4.79 Å². The molecular formula is C23H41IN6O. The normalized spacial score (nSPS) is 15.3. The third-order valence-corrected chi connectivity index (χ3v) is 5.09. The van der Waals surface area contributed by atoms with Crippen molar-refractivity contribution >= 4 is 41.5 Å². The fraction of sp³-hybridized carbons (Fsp3) is 0.652. The zero-order valence-corrected chi connectivity index (χ0v) is 22.2. The molecule has 2 rings (SSSR count). The van der Waals surface area contributed by atoms with E-state index < -0.39 is 0 Å². The van der Waals surface area contributed by atoms with Crippen LogP contribution in [-0.4, -0.2) is 75.2 Å². The highest BCUT2D eigenvalue weighted by Gasteiger charge is 2.17. The van der Waals surface area contributed by atoms with Crippen LogP contribution in [0.5, 0.6) is 0 Å². The summed E-state index contributed by atoms with van der Waals surface area (Å²) in [5.74, 6) is 0.640. The second kappa shape index (κ2) is 13.8. The first-order valence-electron chi connectivity index (χ1n) is 11.1. The van der Waals surface area contributed by atoms with Crippen molar-refractivity contribution in [3.8, 4) is 0 Å². The highest BCUT2D eigenvalue weighted by molar-refractivity contribution is 14.0. The fourth-order valence-electron chi connectivity index (χ4n) is 3.57. The molecule has 1 aliphatic heterocycles. The zero-order chi connectivity index (χ0) is 22.0. The molecule has 0 bridgehead atoms. The molecule has 0 spiro atoms. The molecule has 3 N–H and O–H groups in total. The number of nitrogens with one attached hydrogen (secondary N) is 3. The summed E-state index contributed by atoms with van der Waals surface area (Å²) < 4.78 is 0. The number of nitrogens with zero attached hydrogens (tertiary/aromatic N) is 3. The van der Waals surface area contributed by atoms with Crippen molar-refractivity contribution in [1.82, 2.24) is 20.9 Å². The number of rotatable bonds is 8. The average molecular weight is 545 g/mol. The molecular weight excluding hydrogens is 503 g/mol. The van der Waals surface area contributed by atoms with Crippen molar-refractivity contribution in [3.63, 3.8) is 0 Å². The van der Waals surface area contributed by atoms with Crippen LogP contribution in [0.4, 0.5) is 5.69 Å². The molecule has 0 unspecified atom stereocenters. The standard InChI is InChI=1S/C23H40N6O.HI/c1-19-9-8-10-20(17-19)29-15-13-28(14-16-29)12-7-6-11-25-22(24-5)26-18-21(30)27-23(2,3)4;/h8-10,17H,6-7,11-16,18H2,1-5H3,(H,27,30)(H2,24,25,26);1H. The van der Waals surface area contributed by atoms with E-state index >= 15 is 0 Å². The number of aliphatic imine (C=N–C) groups is 1. The molecule has 1 aromatic carbocycles. The van der Waals surface area contributed by atoms with Crippen molar-refractivity contribution in [2.45, 2.75) is 46.1 Å². The summed E-state index contributed by atoms with van der Waals surface area (Å²) >= 11 is 0. The molecule has 0 radical (unpaired) electrons. The van der Waals surface area contributed by atoms with Gasteiger partial charge in [0.2, 0.25) is 5.91 Å². The van der Waals surface area contributed by atoms with Gasteiger partial charge in [0.25, 0.3) is 0 Å². The fourth-order valence-corrected chi connectivity index (χ4v) is 3.57. The van der Waals surface area contributed by atoms with E-state index in [-0.39, 0.29) is 42.0 Å². The van der Waals surface area contributed by atoms with Gasteiger partial charge < -0.3 is 20.9 Å². The smallest absolute Gasteiger partial charge is 0.239 e. The van der Waals surface area contributed by atoms with E-state index in [2.05, 4.69) is 61.9 Å². The molecule has 0 aliphatic carbocycles. The van der Waals surface area contributed by atoms with Crippen LogP contribution in [0.25, 0.3) is 0 Å². The Kier molecular flexibility index (Phi) is 12.2. The summed E-state index contributed by atoms with van der Waals surface area (Å²) in [6.07, 6.45) is 2.23. The molecule has 1 heterocycles. The van der Waals surface area contributed by atoms with Gasteiger partial charge >= 0.3 is 0 Å². The van der Waals surface area contributed by atoms with Gasteiger partial charge in [0.05, 0.1) is 6.54 Å². The van der Waals surface area contributed by atoms with E-state index in [0.717, 1.165) is 52.1 Å². The molecule has 1 saturated heterocycles. The quantitative estimate of drug-likeness (QED) is 0.203. The summed E-state index contributed by atoms with van der Waals surface area (Å²) in [4.78, 5) is 21.1. The summed E-state index contributed by atoms with van der Waals surface area (Å²) in [6, 6.07) is 8.78. The Bertz CT molecular complexity index is 696. The van der Waals surface area contributed by atoms with Gasteiger partial charge in [0, 0.05) is 51.0 Å². The molecule has 1 fully saturated rings. The van der Waals surface area contributed by atoms with Gasteiger partial charge in [-0.1, -0.05) is 12.1 Å². The van der Waals surface area contributed by atoms with E-state index in [9.17, 15) is 4.79 Å². The maximum absolute atomic E-state index is 11.9. The van der Waals surface area contributed by atoms with Crippen LogP contribution in [0.2, 0.25) is 0 Å². The highest BCUT2D eigenvalue weighted by atomic mass is 127. The molecule has 8 heteroatoms. The van der Waals surface area contributed by atoms with E-state index in [0.29, 0.717) is 5.96 Å². The number of guanidine groups is 1. The number of hydrogen-bond donors (Lipinski definition) is 3. The second-order valence-electron chi connectivity index (χ2n) is 9.03. The minimum Gasteiger partial charge on any atom is -0.369 e. The van der Waals surface area contributed by atoms with Crippen molar-refractivity contribution in [2.75, 3.05) is 57.8 Å². The maximum Gasteiger partial charge on any atom is 0.239 e. The average Bonchev–Trinajstić information content (AvgIpc) is 2.69. The van der Waals surface area contributed by atoms with Crippen LogP contribution in [0.3, 0.4) is 0 Å². The number of hydrogen-bond acceptors (Lipinski definition) is 4. The number of carbonyl (C=O) groups excluding carboxylic acids is 1. The first kappa shape index (κ1) is 27.5. The Morgan fingerprint density at radius 1 is 1.10 bits per heavy atom. The van der Waals surface area contributed by atoms with Gasteiger partial charge in [-0.15, -0.1) is 24.0 Å². The lowest BCUT2D eigenvalue weighted by Crippen LogP contribution is -2.48. The topological polar surface area (TPSA) is 72.0 Å². The lowest BCUT2D eigenvalue weighted by molar-refractivity contribution is -0.121. The highest BCUT2D eigenvalue weighted by Crippen LogP contribution is 2.17. The number of amides is 1. The lowest BCUT2D eigenvalue weighted by Gasteiger charge is -2.36. The van der Waals surface area contributed by atoms with Gasteiger partial charge in [-0.05, 0) is 64.8 Å². The van der Waals surface area contributed by atoms with Gasteiger partial charge in [0.15, 0.2) is 5.96 Å². The predicted molar refractivity (Wildman–Crippen MR) is 142 cm³/mol. The van der Waals surface area contributed by atoms with Crippen molar-refractivity contribution in [3.05, 3.63) is 29.8 Å². The number of unbranched alkanes of at least 4 members (excludes halogenated alkanes) is 1. The Labute approximate surface area is 205 Å². The number of piperazine rings is 1. The Hall–Kier alpha value is -1.55. The van der Waals surface area contributed by atoms with Crippen molar-refractivity contribution in [2.24, 2.45) is 4.99 Å². The Morgan fingerprint density at radius 2 is 1.81 bits per heavy atom. The molecule has 1 aliphatic rings. The van der Waals surface area contributed by atoms with E-state index in [4.69, 9.17) is 0 Å². The molecule has 176 valence electrons. The molecule has 0 atom stereocenters. The summed E-state index contributed by atoms with van der Waals surface area (Å²) in [6.45, 7) is 14.7. The molecule has 0 aromatic heterocycles. The van der Waals surface area contributed by atoms with Crippen LogP contribution in [0, 0.1) is 6.92 Å². The number of carbonyl (C=O) groups is 1. The minimum atomic E-state index is -0.221. The summed E-state index contributed by atoms with van der Waals surface area (Å²) in [5, 5.41) is 9.29. The van der Waals surface area contributed by atoms with Gasteiger partial charge in [-0.25, -0.2) is 0 Å². The number of anilines is 1. The maximum atomic E-state index is 11.9. The van der Waals surface area contributed by atoms with E-state index in [1.807, 2.05) is 20.8 Å². The summed E-state index contributed by atoms with van der Waals surface area (Å²) in [5.41, 5.74) is 2.44. The predicted octanol–water partition coefficient (Wildman–Crippen LogP) is 2.59. The molecule has 1 aromatic rings. The molecule has 7 nitrogen and oxygen atoms in total. The Morgan fingerprint density at radius 3 is 2.42 bits per heavy atom. The second-order valence-corrected chi connectivity index (χ2v) is 9.03. The van der Waals surface area contributed by atoms with Crippen LogP contribution in [0.15, 0.2) is 29.3 Å². The number of aryl methyl sites for hydroxylation is 1. The third-order valence-electron chi connectivity index (χ3n) is 5.09. The molecule has 31 heavy (non-hydrogen) atoms. The minimum absolute atomic E-state index is 0.